The molecule has 0 bridgehead atoms. The second kappa shape index (κ2) is 3.76. The van der Waals surface area contributed by atoms with Gasteiger partial charge in [-0.1, -0.05) is 36.4 Å². The lowest BCUT2D eigenvalue weighted by atomic mass is 9.94. The van der Waals surface area contributed by atoms with E-state index in [0.717, 1.165) is 24.1 Å². The molecule has 102 valence electrons. The molecule has 1 aromatic heterocycles. The Labute approximate surface area is 122 Å². The largest absolute Gasteiger partial charge is 0.356 e. The summed E-state index contributed by atoms with van der Waals surface area (Å²) in [6, 6.07) is 16.5. The highest BCUT2D eigenvalue weighted by atomic mass is 16.2. The van der Waals surface area contributed by atoms with Crippen molar-refractivity contribution in [3.63, 3.8) is 0 Å². The summed E-state index contributed by atoms with van der Waals surface area (Å²) in [5, 5.41) is 1.30. The Morgan fingerprint density at radius 2 is 1.86 bits per heavy atom. The highest BCUT2D eigenvalue weighted by Crippen LogP contribution is 2.43. The van der Waals surface area contributed by atoms with E-state index in [1.54, 1.807) is 0 Å². The van der Waals surface area contributed by atoms with Gasteiger partial charge in [-0.25, -0.2) is 0 Å². The van der Waals surface area contributed by atoms with E-state index in [-0.39, 0.29) is 11.9 Å². The fourth-order valence-electron chi connectivity index (χ4n) is 3.87. The van der Waals surface area contributed by atoms with Crippen LogP contribution in [0.25, 0.3) is 10.9 Å². The summed E-state index contributed by atoms with van der Waals surface area (Å²) in [7, 11) is 0. The van der Waals surface area contributed by atoms with Crippen LogP contribution in [0.15, 0.2) is 48.5 Å². The van der Waals surface area contributed by atoms with Gasteiger partial charge < -0.3 is 9.88 Å². The lowest BCUT2D eigenvalue weighted by Crippen LogP contribution is -2.34. The van der Waals surface area contributed by atoms with Gasteiger partial charge >= 0.3 is 0 Å². The number of fused-ring (bicyclic) bond motifs is 7. The van der Waals surface area contributed by atoms with E-state index in [9.17, 15) is 4.79 Å². The normalized spacial score (nSPS) is 19.5. The number of aromatic amines is 1. The maximum absolute atomic E-state index is 12.6. The van der Waals surface area contributed by atoms with Crippen LogP contribution in [0.4, 0.5) is 0 Å². The molecule has 0 radical (unpaired) electrons. The van der Waals surface area contributed by atoms with E-state index in [1.165, 1.54) is 22.2 Å². The molecule has 2 aliphatic heterocycles. The molecule has 1 N–H and O–H groups in total. The van der Waals surface area contributed by atoms with Crippen LogP contribution in [0, 0.1) is 0 Å². The number of hydrogen-bond donors (Lipinski definition) is 1. The number of hydrogen-bond acceptors (Lipinski definition) is 1. The predicted molar refractivity (Wildman–Crippen MR) is 81.3 cm³/mol. The molecule has 0 saturated carbocycles. The van der Waals surface area contributed by atoms with Gasteiger partial charge in [0.2, 0.25) is 0 Å². The van der Waals surface area contributed by atoms with E-state index in [4.69, 9.17) is 0 Å². The summed E-state index contributed by atoms with van der Waals surface area (Å²) in [5.74, 6) is 0.167. The number of H-pyrrole nitrogens is 1. The van der Waals surface area contributed by atoms with Crippen LogP contribution in [0.3, 0.4) is 0 Å². The lowest BCUT2D eigenvalue weighted by Gasteiger charge is -2.30. The number of carbonyl (C=O) groups excluding carboxylic acids is 1. The first-order valence-corrected chi connectivity index (χ1v) is 7.34. The monoisotopic (exact) mass is 274 g/mol. The molecule has 3 heterocycles. The Morgan fingerprint density at radius 1 is 1.05 bits per heavy atom. The molecule has 21 heavy (non-hydrogen) atoms. The van der Waals surface area contributed by atoms with Gasteiger partial charge in [-0.2, -0.15) is 0 Å². The molecule has 3 aromatic rings. The van der Waals surface area contributed by atoms with Crippen molar-refractivity contribution in [3.8, 4) is 0 Å². The SMILES string of the molecule is O=C1c2ccccc2[C@@H]2c3[nH]c4ccccc4c3CCN12. The number of amides is 1. The van der Waals surface area contributed by atoms with Crippen molar-refractivity contribution in [2.75, 3.05) is 6.54 Å². The average Bonchev–Trinajstić information content (AvgIpc) is 3.04. The van der Waals surface area contributed by atoms with Crippen LogP contribution < -0.4 is 0 Å². The van der Waals surface area contributed by atoms with Gasteiger partial charge in [-0.3, -0.25) is 4.79 Å². The minimum Gasteiger partial charge on any atom is -0.356 e. The van der Waals surface area contributed by atoms with Crippen molar-refractivity contribution in [1.82, 2.24) is 9.88 Å². The zero-order valence-corrected chi connectivity index (χ0v) is 11.5. The van der Waals surface area contributed by atoms with Gasteiger partial charge in [-0.15, -0.1) is 0 Å². The molecule has 0 saturated heterocycles. The van der Waals surface area contributed by atoms with E-state index >= 15 is 0 Å². The lowest BCUT2D eigenvalue weighted by molar-refractivity contribution is 0.0738. The minimum atomic E-state index is 0.0600. The van der Waals surface area contributed by atoms with Gasteiger partial charge in [0.1, 0.15) is 0 Å². The highest BCUT2D eigenvalue weighted by Gasteiger charge is 2.41. The van der Waals surface area contributed by atoms with Crippen LogP contribution in [0.5, 0.6) is 0 Å². The molecule has 1 amide bonds. The summed E-state index contributed by atoms with van der Waals surface area (Å²) in [4.78, 5) is 18.1. The number of benzene rings is 2. The zero-order valence-electron chi connectivity index (χ0n) is 11.5. The van der Waals surface area contributed by atoms with Gasteiger partial charge in [0, 0.05) is 28.7 Å². The number of carbonyl (C=O) groups is 1. The van der Waals surface area contributed by atoms with E-state index in [0.29, 0.717) is 0 Å². The second-order valence-corrected chi connectivity index (χ2v) is 5.80. The molecular weight excluding hydrogens is 260 g/mol. The summed E-state index contributed by atoms with van der Waals surface area (Å²) in [5.41, 5.74) is 5.72. The quantitative estimate of drug-likeness (QED) is 0.671. The third-order valence-electron chi connectivity index (χ3n) is 4.78. The van der Waals surface area contributed by atoms with Gasteiger partial charge in [-0.05, 0) is 29.7 Å². The maximum Gasteiger partial charge on any atom is 0.255 e. The molecule has 1 atom stereocenters. The molecule has 3 nitrogen and oxygen atoms in total. The first-order chi connectivity index (χ1) is 10.3. The number of rotatable bonds is 0. The molecule has 0 aliphatic carbocycles. The Hall–Kier alpha value is -2.55. The standard InChI is InChI=1S/C18H14N2O/c21-18-14-7-2-1-6-13(14)17-16-12(9-10-20(17)18)11-5-3-4-8-15(11)19-16/h1-8,17,19H,9-10H2/t17-/m1/s1. The number of para-hydroxylation sites is 1. The topological polar surface area (TPSA) is 36.1 Å². The average molecular weight is 274 g/mol. The third-order valence-corrected chi connectivity index (χ3v) is 4.78. The fourth-order valence-corrected chi connectivity index (χ4v) is 3.87. The number of nitrogens with zero attached hydrogens (tertiary/aromatic N) is 1. The van der Waals surface area contributed by atoms with Crippen LogP contribution in [0.2, 0.25) is 0 Å². The fraction of sp³-hybridized carbons (Fsp3) is 0.167. The first kappa shape index (κ1) is 11.1. The summed E-state index contributed by atoms with van der Waals surface area (Å²) >= 11 is 0. The minimum absolute atomic E-state index is 0.0600. The van der Waals surface area contributed by atoms with Crippen molar-refractivity contribution in [2.24, 2.45) is 0 Å². The van der Waals surface area contributed by atoms with Gasteiger partial charge in [0.25, 0.3) is 5.91 Å². The van der Waals surface area contributed by atoms with Crippen LogP contribution >= 0.6 is 0 Å². The van der Waals surface area contributed by atoms with Crippen molar-refractivity contribution >= 4 is 16.8 Å². The van der Waals surface area contributed by atoms with Gasteiger partial charge in [0.15, 0.2) is 0 Å². The van der Waals surface area contributed by atoms with Crippen molar-refractivity contribution in [1.29, 1.82) is 0 Å². The van der Waals surface area contributed by atoms with Gasteiger partial charge in [0.05, 0.1) is 6.04 Å². The third kappa shape index (κ3) is 1.31. The molecule has 2 aliphatic rings. The Balaban J connectivity index is 1.81. The van der Waals surface area contributed by atoms with Crippen molar-refractivity contribution in [3.05, 3.63) is 70.9 Å². The molecule has 0 spiro atoms. The van der Waals surface area contributed by atoms with E-state index < -0.39 is 0 Å². The summed E-state index contributed by atoms with van der Waals surface area (Å²) in [6.07, 6.45) is 0.926. The number of aromatic nitrogens is 1. The van der Waals surface area contributed by atoms with Crippen molar-refractivity contribution < 1.29 is 4.79 Å². The second-order valence-electron chi connectivity index (χ2n) is 5.80. The van der Waals surface area contributed by atoms with Crippen LogP contribution in [-0.4, -0.2) is 22.3 Å². The Bertz CT molecular complexity index is 893. The summed E-state index contributed by atoms with van der Waals surface area (Å²) in [6.45, 7) is 0.799. The predicted octanol–water partition coefficient (Wildman–Crippen LogP) is 3.27. The molecule has 0 fully saturated rings. The Morgan fingerprint density at radius 3 is 2.81 bits per heavy atom. The molecular formula is C18H14N2O. The molecule has 0 unspecified atom stereocenters. The summed E-state index contributed by atoms with van der Waals surface area (Å²) < 4.78 is 0. The maximum atomic E-state index is 12.6. The van der Waals surface area contributed by atoms with Crippen LogP contribution in [-0.2, 0) is 6.42 Å². The zero-order chi connectivity index (χ0) is 14.0. The van der Waals surface area contributed by atoms with E-state index in [1.807, 2.05) is 23.1 Å². The molecule has 2 aromatic carbocycles. The highest BCUT2D eigenvalue weighted by molar-refractivity contribution is 6.00. The Kier molecular flexibility index (Phi) is 1.99. The van der Waals surface area contributed by atoms with Crippen molar-refractivity contribution in [2.45, 2.75) is 12.5 Å². The van der Waals surface area contributed by atoms with E-state index in [2.05, 4.69) is 35.3 Å². The first-order valence-electron chi connectivity index (χ1n) is 7.34. The molecule has 5 rings (SSSR count). The van der Waals surface area contributed by atoms with Crippen LogP contribution in [0.1, 0.15) is 33.2 Å². The smallest absolute Gasteiger partial charge is 0.255 e. The number of nitrogens with one attached hydrogen (secondary N) is 1. The molecule has 3 heteroatoms.